The fourth-order valence-electron chi connectivity index (χ4n) is 1.57. The molecule has 1 N–H and O–H groups in total. The highest BCUT2D eigenvalue weighted by Crippen LogP contribution is 2.23. The summed E-state index contributed by atoms with van der Waals surface area (Å²) in [5.41, 5.74) is 1.23. The number of hydrogen-bond donors (Lipinski definition) is 1. The van der Waals surface area contributed by atoms with Gasteiger partial charge in [-0.05, 0) is 42.3 Å². The summed E-state index contributed by atoms with van der Waals surface area (Å²) in [6, 6.07) is 6.78. The highest BCUT2D eigenvalue weighted by molar-refractivity contribution is 7.99. The number of aromatic nitrogens is 3. The third-order valence-corrected chi connectivity index (χ3v) is 3.64. The minimum absolute atomic E-state index is 0.736. The molecule has 2 aromatic rings. The fourth-order valence-corrected chi connectivity index (χ4v) is 2.26. The molecule has 3 rings (SSSR count). The molecule has 5 heteroatoms. The SMILES string of the molecule is c1cc(Sc2ccc(CNC3CC3)cn2)ncn1. The molecule has 18 heavy (non-hydrogen) atoms. The molecule has 2 aromatic heterocycles. The standard InChI is InChI=1S/C13H14N4S/c1-4-12(18-13-5-6-14-9-17-13)16-8-10(1)7-15-11-2-3-11/h1,4-6,8-9,11,15H,2-3,7H2. The number of nitrogens with zero attached hydrogens (tertiary/aromatic N) is 3. The van der Waals surface area contributed by atoms with Gasteiger partial charge in [-0.25, -0.2) is 15.0 Å². The lowest BCUT2D eigenvalue weighted by atomic mass is 10.3. The van der Waals surface area contributed by atoms with E-state index in [1.54, 1.807) is 24.3 Å². The van der Waals surface area contributed by atoms with Gasteiger partial charge >= 0.3 is 0 Å². The molecule has 0 aliphatic heterocycles. The van der Waals surface area contributed by atoms with Crippen molar-refractivity contribution in [2.45, 2.75) is 35.5 Å². The molecule has 0 spiro atoms. The molecule has 1 fully saturated rings. The summed E-state index contributed by atoms with van der Waals surface area (Å²) in [4.78, 5) is 12.5. The van der Waals surface area contributed by atoms with Crippen molar-refractivity contribution < 1.29 is 0 Å². The lowest BCUT2D eigenvalue weighted by molar-refractivity contribution is 0.685. The number of rotatable bonds is 5. The van der Waals surface area contributed by atoms with Gasteiger partial charge in [-0.2, -0.15) is 0 Å². The van der Waals surface area contributed by atoms with Crippen LogP contribution in [0.3, 0.4) is 0 Å². The molecule has 2 heterocycles. The molecule has 0 aromatic carbocycles. The minimum Gasteiger partial charge on any atom is -0.310 e. The van der Waals surface area contributed by atoms with Crippen LogP contribution in [0, 0.1) is 0 Å². The summed E-state index contributed by atoms with van der Waals surface area (Å²) in [5, 5.41) is 5.35. The highest BCUT2D eigenvalue weighted by atomic mass is 32.2. The van der Waals surface area contributed by atoms with Crippen molar-refractivity contribution >= 4 is 11.8 Å². The Balaban J connectivity index is 1.59. The monoisotopic (exact) mass is 258 g/mol. The molecular weight excluding hydrogens is 244 g/mol. The highest BCUT2D eigenvalue weighted by Gasteiger charge is 2.19. The maximum atomic E-state index is 4.43. The van der Waals surface area contributed by atoms with Gasteiger partial charge in [-0.15, -0.1) is 0 Å². The van der Waals surface area contributed by atoms with E-state index in [0.29, 0.717) is 0 Å². The molecule has 0 atom stereocenters. The van der Waals surface area contributed by atoms with E-state index < -0.39 is 0 Å². The van der Waals surface area contributed by atoms with Crippen LogP contribution in [0.15, 0.2) is 47.0 Å². The van der Waals surface area contributed by atoms with Gasteiger partial charge < -0.3 is 5.32 Å². The first-order valence-corrected chi connectivity index (χ1v) is 6.84. The van der Waals surface area contributed by atoms with Crippen LogP contribution in [0.4, 0.5) is 0 Å². The van der Waals surface area contributed by atoms with Gasteiger partial charge in [0.15, 0.2) is 0 Å². The zero-order chi connectivity index (χ0) is 12.2. The molecule has 1 saturated carbocycles. The zero-order valence-corrected chi connectivity index (χ0v) is 10.7. The second-order valence-corrected chi connectivity index (χ2v) is 5.35. The van der Waals surface area contributed by atoms with Crippen molar-refractivity contribution in [2.24, 2.45) is 0 Å². The first-order chi connectivity index (χ1) is 8.90. The maximum Gasteiger partial charge on any atom is 0.116 e. The lowest BCUT2D eigenvalue weighted by Crippen LogP contribution is -2.15. The van der Waals surface area contributed by atoms with E-state index in [0.717, 1.165) is 22.6 Å². The van der Waals surface area contributed by atoms with Crippen LogP contribution in [0.5, 0.6) is 0 Å². The maximum absolute atomic E-state index is 4.43. The molecule has 0 bridgehead atoms. The Hall–Kier alpha value is -1.46. The Bertz CT molecular complexity index is 496. The van der Waals surface area contributed by atoms with E-state index in [4.69, 9.17) is 0 Å². The Morgan fingerprint density at radius 1 is 1.17 bits per heavy atom. The Morgan fingerprint density at radius 2 is 2.06 bits per heavy atom. The summed E-state index contributed by atoms with van der Waals surface area (Å²) in [6.07, 6.45) is 7.85. The minimum atomic E-state index is 0.736. The van der Waals surface area contributed by atoms with Crippen LogP contribution < -0.4 is 5.32 Å². The van der Waals surface area contributed by atoms with Crippen LogP contribution in [0.1, 0.15) is 18.4 Å². The van der Waals surface area contributed by atoms with Gasteiger partial charge in [0, 0.05) is 25.0 Å². The van der Waals surface area contributed by atoms with Crippen LogP contribution in [-0.2, 0) is 6.54 Å². The van der Waals surface area contributed by atoms with Crippen molar-refractivity contribution in [1.29, 1.82) is 0 Å². The lowest BCUT2D eigenvalue weighted by Gasteiger charge is -2.04. The number of pyridine rings is 1. The van der Waals surface area contributed by atoms with Crippen molar-refractivity contribution in [3.8, 4) is 0 Å². The summed E-state index contributed by atoms with van der Waals surface area (Å²) < 4.78 is 0. The molecule has 92 valence electrons. The molecule has 0 radical (unpaired) electrons. The largest absolute Gasteiger partial charge is 0.310 e. The predicted molar refractivity (Wildman–Crippen MR) is 70.3 cm³/mol. The summed E-state index contributed by atoms with van der Waals surface area (Å²) >= 11 is 1.55. The van der Waals surface area contributed by atoms with E-state index in [9.17, 15) is 0 Å². The number of nitrogens with one attached hydrogen (secondary N) is 1. The van der Waals surface area contributed by atoms with Gasteiger partial charge in [0.2, 0.25) is 0 Å². The third kappa shape index (κ3) is 3.27. The molecule has 1 aliphatic rings. The smallest absolute Gasteiger partial charge is 0.116 e. The first-order valence-electron chi connectivity index (χ1n) is 6.02. The molecule has 0 saturated heterocycles. The van der Waals surface area contributed by atoms with E-state index in [1.807, 2.05) is 18.3 Å². The average Bonchev–Trinajstić information content (AvgIpc) is 3.23. The molecule has 0 unspecified atom stereocenters. The van der Waals surface area contributed by atoms with Crippen LogP contribution in [0.2, 0.25) is 0 Å². The van der Waals surface area contributed by atoms with E-state index in [2.05, 4.69) is 26.3 Å². The third-order valence-electron chi connectivity index (χ3n) is 2.73. The van der Waals surface area contributed by atoms with Crippen molar-refractivity contribution in [3.63, 3.8) is 0 Å². The quantitative estimate of drug-likeness (QED) is 0.834. The van der Waals surface area contributed by atoms with E-state index in [-0.39, 0.29) is 0 Å². The van der Waals surface area contributed by atoms with Crippen molar-refractivity contribution in [1.82, 2.24) is 20.3 Å². The molecule has 0 amide bonds. The van der Waals surface area contributed by atoms with Crippen LogP contribution >= 0.6 is 11.8 Å². The summed E-state index contributed by atoms with van der Waals surface area (Å²) in [5.74, 6) is 0. The van der Waals surface area contributed by atoms with Crippen molar-refractivity contribution in [2.75, 3.05) is 0 Å². The summed E-state index contributed by atoms with van der Waals surface area (Å²) in [6.45, 7) is 0.913. The van der Waals surface area contributed by atoms with Crippen molar-refractivity contribution in [3.05, 3.63) is 42.5 Å². The van der Waals surface area contributed by atoms with Gasteiger partial charge in [-0.1, -0.05) is 6.07 Å². The Labute approximate surface area is 110 Å². The van der Waals surface area contributed by atoms with E-state index >= 15 is 0 Å². The van der Waals surface area contributed by atoms with Crippen LogP contribution in [0.25, 0.3) is 0 Å². The Morgan fingerprint density at radius 3 is 2.72 bits per heavy atom. The van der Waals surface area contributed by atoms with Gasteiger partial charge in [-0.3, -0.25) is 0 Å². The molecule has 1 aliphatic carbocycles. The topological polar surface area (TPSA) is 50.7 Å². The second-order valence-electron chi connectivity index (χ2n) is 4.31. The van der Waals surface area contributed by atoms with Gasteiger partial charge in [0.05, 0.1) is 0 Å². The number of hydrogen-bond acceptors (Lipinski definition) is 5. The first kappa shape index (κ1) is 11.6. The average molecular weight is 258 g/mol. The molecular formula is C13H14N4S. The predicted octanol–water partition coefficient (Wildman–Crippen LogP) is 2.27. The van der Waals surface area contributed by atoms with Crippen LogP contribution in [-0.4, -0.2) is 21.0 Å². The normalized spacial score (nSPS) is 14.7. The zero-order valence-electron chi connectivity index (χ0n) is 9.91. The van der Waals surface area contributed by atoms with Gasteiger partial charge in [0.25, 0.3) is 0 Å². The van der Waals surface area contributed by atoms with Gasteiger partial charge in [0.1, 0.15) is 16.4 Å². The van der Waals surface area contributed by atoms with E-state index in [1.165, 1.54) is 18.4 Å². The fraction of sp³-hybridized carbons (Fsp3) is 0.308. The Kier molecular flexibility index (Phi) is 3.52. The molecule has 4 nitrogen and oxygen atoms in total. The second kappa shape index (κ2) is 5.46. The summed E-state index contributed by atoms with van der Waals surface area (Å²) in [7, 11) is 0.